The van der Waals surface area contributed by atoms with Crippen LogP contribution in [0.5, 0.6) is 0 Å². The molecule has 0 fully saturated rings. The predicted molar refractivity (Wildman–Crippen MR) is 68.1 cm³/mol. The Kier molecular flexibility index (Phi) is 4.33. The van der Waals surface area contributed by atoms with Crippen LogP contribution in [0.4, 0.5) is 0 Å². The average molecular weight is 249 g/mol. The van der Waals surface area contributed by atoms with Gasteiger partial charge in [0.2, 0.25) is 0 Å². The molecule has 4 nitrogen and oxygen atoms in total. The highest BCUT2D eigenvalue weighted by Gasteiger charge is 2.30. The molecule has 0 radical (unpaired) electrons. The molecule has 2 unspecified atom stereocenters. The molecule has 0 spiro atoms. The number of carbonyl (C=O) groups is 1. The van der Waals surface area contributed by atoms with Crippen molar-refractivity contribution in [2.75, 3.05) is 13.2 Å². The first-order valence-electron chi connectivity index (χ1n) is 6.33. The normalized spacial score (nSPS) is 21.7. The number of ether oxygens (including phenoxy) is 2. The van der Waals surface area contributed by atoms with E-state index in [0.29, 0.717) is 13.2 Å². The standard InChI is InChI=1S/C14H19NO3/c1-2-17-13(16)7-8-18-14-11-6-4-3-5-10(11)9-12(14)15/h3-6,12,14H,2,7-9,15H2,1H3. The summed E-state index contributed by atoms with van der Waals surface area (Å²) in [6, 6.07) is 8.08. The van der Waals surface area contributed by atoms with Gasteiger partial charge in [0.1, 0.15) is 0 Å². The molecule has 2 atom stereocenters. The average Bonchev–Trinajstić information content (AvgIpc) is 2.66. The summed E-state index contributed by atoms with van der Waals surface area (Å²) in [5.41, 5.74) is 8.45. The molecule has 1 aromatic carbocycles. The third-order valence-corrected chi connectivity index (χ3v) is 3.12. The van der Waals surface area contributed by atoms with Crippen molar-refractivity contribution in [1.82, 2.24) is 0 Å². The van der Waals surface area contributed by atoms with Gasteiger partial charge in [-0.05, 0) is 24.5 Å². The van der Waals surface area contributed by atoms with Crippen molar-refractivity contribution in [3.05, 3.63) is 35.4 Å². The Hall–Kier alpha value is -1.39. The Balaban J connectivity index is 1.88. The fraction of sp³-hybridized carbons (Fsp3) is 0.500. The molecule has 0 saturated heterocycles. The zero-order valence-electron chi connectivity index (χ0n) is 10.6. The molecule has 4 heteroatoms. The van der Waals surface area contributed by atoms with Gasteiger partial charge in [0.05, 0.1) is 25.7 Å². The minimum Gasteiger partial charge on any atom is -0.466 e. The van der Waals surface area contributed by atoms with E-state index in [0.717, 1.165) is 12.0 Å². The van der Waals surface area contributed by atoms with Crippen LogP contribution in [0.15, 0.2) is 24.3 Å². The van der Waals surface area contributed by atoms with Crippen molar-refractivity contribution in [3.63, 3.8) is 0 Å². The number of benzene rings is 1. The summed E-state index contributed by atoms with van der Waals surface area (Å²) in [6.07, 6.45) is 1.01. The minimum absolute atomic E-state index is 0.0235. The van der Waals surface area contributed by atoms with Crippen LogP contribution < -0.4 is 5.73 Å². The van der Waals surface area contributed by atoms with Crippen molar-refractivity contribution >= 4 is 5.97 Å². The molecule has 1 aromatic rings. The van der Waals surface area contributed by atoms with Crippen LogP contribution in [0.3, 0.4) is 0 Å². The molecular formula is C14H19NO3. The Morgan fingerprint density at radius 1 is 1.44 bits per heavy atom. The smallest absolute Gasteiger partial charge is 0.308 e. The number of fused-ring (bicyclic) bond motifs is 1. The van der Waals surface area contributed by atoms with Crippen molar-refractivity contribution in [2.24, 2.45) is 5.73 Å². The van der Waals surface area contributed by atoms with E-state index >= 15 is 0 Å². The lowest BCUT2D eigenvalue weighted by Gasteiger charge is -2.17. The number of hydrogen-bond donors (Lipinski definition) is 1. The van der Waals surface area contributed by atoms with Gasteiger partial charge >= 0.3 is 5.97 Å². The Bertz CT molecular complexity index is 419. The zero-order chi connectivity index (χ0) is 13.0. The molecule has 0 aromatic heterocycles. The summed E-state index contributed by atoms with van der Waals surface area (Å²) in [5.74, 6) is -0.225. The number of nitrogens with two attached hydrogens (primary N) is 1. The molecule has 18 heavy (non-hydrogen) atoms. The van der Waals surface area contributed by atoms with Gasteiger partial charge in [0.25, 0.3) is 0 Å². The van der Waals surface area contributed by atoms with Crippen LogP contribution in [-0.4, -0.2) is 25.2 Å². The SMILES string of the molecule is CCOC(=O)CCOC1c2ccccc2CC1N. The molecule has 2 N–H and O–H groups in total. The second kappa shape index (κ2) is 5.98. The quantitative estimate of drug-likeness (QED) is 0.805. The van der Waals surface area contributed by atoms with Crippen molar-refractivity contribution in [3.8, 4) is 0 Å². The third-order valence-electron chi connectivity index (χ3n) is 3.12. The molecule has 1 aliphatic carbocycles. The minimum atomic E-state index is -0.225. The van der Waals surface area contributed by atoms with E-state index in [1.54, 1.807) is 6.92 Å². The number of carbonyl (C=O) groups excluding carboxylic acids is 1. The lowest BCUT2D eigenvalue weighted by atomic mass is 10.1. The second-order valence-corrected chi connectivity index (χ2v) is 4.41. The summed E-state index contributed by atoms with van der Waals surface area (Å²) >= 11 is 0. The number of hydrogen-bond acceptors (Lipinski definition) is 4. The van der Waals surface area contributed by atoms with E-state index in [9.17, 15) is 4.79 Å². The molecular weight excluding hydrogens is 230 g/mol. The first-order chi connectivity index (χ1) is 8.72. The summed E-state index contributed by atoms with van der Waals surface area (Å²) in [7, 11) is 0. The van der Waals surface area contributed by atoms with E-state index in [1.165, 1.54) is 5.56 Å². The third kappa shape index (κ3) is 2.89. The summed E-state index contributed by atoms with van der Waals surface area (Å²) in [6.45, 7) is 2.55. The molecule has 1 aliphatic rings. The topological polar surface area (TPSA) is 61.5 Å². The second-order valence-electron chi connectivity index (χ2n) is 4.41. The lowest BCUT2D eigenvalue weighted by molar-refractivity contribution is -0.144. The largest absolute Gasteiger partial charge is 0.466 e. The van der Waals surface area contributed by atoms with Gasteiger partial charge in [0.15, 0.2) is 0 Å². The Morgan fingerprint density at radius 2 is 2.22 bits per heavy atom. The van der Waals surface area contributed by atoms with Gasteiger partial charge in [-0.25, -0.2) is 0 Å². The maximum atomic E-state index is 11.2. The van der Waals surface area contributed by atoms with Crippen LogP contribution in [0, 0.1) is 0 Å². The van der Waals surface area contributed by atoms with Crippen molar-refractivity contribution in [1.29, 1.82) is 0 Å². The molecule has 98 valence electrons. The van der Waals surface area contributed by atoms with E-state index < -0.39 is 0 Å². The zero-order valence-corrected chi connectivity index (χ0v) is 10.6. The van der Waals surface area contributed by atoms with Crippen LogP contribution in [0.2, 0.25) is 0 Å². The monoisotopic (exact) mass is 249 g/mol. The summed E-state index contributed by atoms with van der Waals surface area (Å²) in [5, 5.41) is 0. The van der Waals surface area contributed by atoms with Crippen LogP contribution in [-0.2, 0) is 20.7 Å². The lowest BCUT2D eigenvalue weighted by Crippen LogP contribution is -2.27. The first kappa shape index (κ1) is 13.1. The maximum absolute atomic E-state index is 11.2. The van der Waals surface area contributed by atoms with E-state index in [-0.39, 0.29) is 24.5 Å². The van der Waals surface area contributed by atoms with Gasteiger partial charge in [-0.2, -0.15) is 0 Å². The summed E-state index contributed by atoms with van der Waals surface area (Å²) < 4.78 is 10.6. The van der Waals surface area contributed by atoms with Crippen LogP contribution in [0.25, 0.3) is 0 Å². The molecule has 0 amide bonds. The highest BCUT2D eigenvalue weighted by atomic mass is 16.5. The summed E-state index contributed by atoms with van der Waals surface area (Å²) in [4.78, 5) is 11.2. The number of esters is 1. The molecule has 2 rings (SSSR count). The number of rotatable bonds is 5. The predicted octanol–water partition coefficient (Wildman–Crippen LogP) is 1.58. The molecule has 0 bridgehead atoms. The molecule has 0 saturated carbocycles. The van der Waals surface area contributed by atoms with Gasteiger partial charge < -0.3 is 15.2 Å². The van der Waals surface area contributed by atoms with Gasteiger partial charge in [0, 0.05) is 6.04 Å². The fourth-order valence-corrected chi connectivity index (χ4v) is 2.31. The highest BCUT2D eigenvalue weighted by Crippen LogP contribution is 2.32. The van der Waals surface area contributed by atoms with Crippen molar-refractivity contribution < 1.29 is 14.3 Å². The molecule has 0 heterocycles. The fourth-order valence-electron chi connectivity index (χ4n) is 2.31. The van der Waals surface area contributed by atoms with E-state index in [2.05, 4.69) is 6.07 Å². The van der Waals surface area contributed by atoms with Crippen LogP contribution >= 0.6 is 0 Å². The molecule has 0 aliphatic heterocycles. The maximum Gasteiger partial charge on any atom is 0.308 e. The van der Waals surface area contributed by atoms with Crippen molar-refractivity contribution in [2.45, 2.75) is 31.9 Å². The Labute approximate surface area is 107 Å². The van der Waals surface area contributed by atoms with E-state index in [4.69, 9.17) is 15.2 Å². The van der Waals surface area contributed by atoms with Gasteiger partial charge in [-0.3, -0.25) is 4.79 Å². The van der Waals surface area contributed by atoms with Gasteiger partial charge in [-0.15, -0.1) is 0 Å². The van der Waals surface area contributed by atoms with Crippen LogP contribution in [0.1, 0.15) is 30.6 Å². The Morgan fingerprint density at radius 3 is 3.00 bits per heavy atom. The van der Waals surface area contributed by atoms with Gasteiger partial charge in [-0.1, -0.05) is 24.3 Å². The highest BCUT2D eigenvalue weighted by molar-refractivity contribution is 5.69. The van der Waals surface area contributed by atoms with E-state index in [1.807, 2.05) is 18.2 Å². The first-order valence-corrected chi connectivity index (χ1v) is 6.33.